The predicted molar refractivity (Wildman–Crippen MR) is 101 cm³/mol. The van der Waals surface area contributed by atoms with E-state index in [2.05, 4.69) is 38.2 Å². The molecular weight excluding hydrogens is 334 g/mol. The number of aryl methyl sites for hydroxylation is 3. The standard InChI is InChI=1S/C20H23NO3S/c1-12-8-13(2)17(14(3)9-12)10-24-16-6-4-15(5-7-16)19-21-18(11-25-19)20(22)23/h4-9,18-19,21H,10-11H2,1-3H3,(H,22,23)/t18-,19+/m1/s1. The Morgan fingerprint density at radius 2 is 1.84 bits per heavy atom. The molecule has 2 N–H and O–H groups in total. The van der Waals surface area contributed by atoms with Crippen molar-refractivity contribution in [2.45, 2.75) is 38.8 Å². The smallest absolute Gasteiger partial charge is 0.321 e. The lowest BCUT2D eigenvalue weighted by molar-refractivity contribution is -0.138. The van der Waals surface area contributed by atoms with Crippen molar-refractivity contribution in [3.05, 3.63) is 64.2 Å². The molecular formula is C20H23NO3S. The number of hydrogen-bond donors (Lipinski definition) is 2. The van der Waals surface area contributed by atoms with E-state index in [0.29, 0.717) is 12.4 Å². The van der Waals surface area contributed by atoms with Gasteiger partial charge in [0.05, 0.1) is 5.37 Å². The molecule has 0 aliphatic carbocycles. The van der Waals surface area contributed by atoms with Crippen LogP contribution >= 0.6 is 11.8 Å². The fraction of sp³-hybridized carbons (Fsp3) is 0.350. The summed E-state index contributed by atoms with van der Waals surface area (Å²) in [5, 5.41) is 12.2. The Morgan fingerprint density at radius 1 is 1.20 bits per heavy atom. The number of rotatable bonds is 5. The first kappa shape index (κ1) is 17.8. The molecule has 0 radical (unpaired) electrons. The van der Waals surface area contributed by atoms with E-state index in [0.717, 1.165) is 11.3 Å². The molecule has 0 amide bonds. The van der Waals surface area contributed by atoms with Crippen molar-refractivity contribution in [1.82, 2.24) is 5.32 Å². The molecule has 3 rings (SSSR count). The van der Waals surface area contributed by atoms with Crippen LogP contribution in [-0.2, 0) is 11.4 Å². The van der Waals surface area contributed by atoms with Gasteiger partial charge >= 0.3 is 5.97 Å². The first-order valence-corrected chi connectivity index (χ1v) is 9.39. The van der Waals surface area contributed by atoms with Crippen LogP contribution < -0.4 is 10.1 Å². The number of carbonyl (C=O) groups is 1. The molecule has 1 aliphatic rings. The van der Waals surface area contributed by atoms with Crippen LogP contribution in [0.4, 0.5) is 0 Å². The topological polar surface area (TPSA) is 58.6 Å². The molecule has 0 saturated carbocycles. The van der Waals surface area contributed by atoms with Crippen LogP contribution in [0.1, 0.15) is 33.2 Å². The van der Waals surface area contributed by atoms with Crippen LogP contribution in [0.15, 0.2) is 36.4 Å². The van der Waals surface area contributed by atoms with Gasteiger partial charge in [-0.15, -0.1) is 11.8 Å². The van der Waals surface area contributed by atoms with Crippen LogP contribution in [0.2, 0.25) is 0 Å². The zero-order chi connectivity index (χ0) is 18.0. The van der Waals surface area contributed by atoms with Crippen LogP contribution in [0.5, 0.6) is 5.75 Å². The summed E-state index contributed by atoms with van der Waals surface area (Å²) >= 11 is 1.62. The quantitative estimate of drug-likeness (QED) is 0.848. The molecule has 1 heterocycles. The average molecular weight is 357 g/mol. The fourth-order valence-electron chi connectivity index (χ4n) is 3.14. The van der Waals surface area contributed by atoms with Gasteiger partial charge in [0.2, 0.25) is 0 Å². The SMILES string of the molecule is Cc1cc(C)c(COc2ccc([C@H]3N[C@@H](C(=O)O)CS3)cc2)c(C)c1. The lowest BCUT2D eigenvalue weighted by Crippen LogP contribution is -2.33. The van der Waals surface area contributed by atoms with Crippen LogP contribution in [-0.4, -0.2) is 22.9 Å². The Morgan fingerprint density at radius 3 is 2.40 bits per heavy atom. The molecule has 0 spiro atoms. The molecule has 25 heavy (non-hydrogen) atoms. The van der Waals surface area contributed by atoms with Crippen molar-refractivity contribution in [3.63, 3.8) is 0 Å². The zero-order valence-corrected chi connectivity index (χ0v) is 15.5. The van der Waals surface area contributed by atoms with Crippen molar-refractivity contribution in [2.24, 2.45) is 0 Å². The Balaban J connectivity index is 1.63. The summed E-state index contributed by atoms with van der Waals surface area (Å²) in [7, 11) is 0. The minimum Gasteiger partial charge on any atom is -0.489 e. The molecule has 2 atom stereocenters. The van der Waals surface area contributed by atoms with Gasteiger partial charge in [-0.3, -0.25) is 10.1 Å². The Bertz CT molecular complexity index is 750. The maximum Gasteiger partial charge on any atom is 0.321 e. The zero-order valence-electron chi connectivity index (χ0n) is 14.7. The molecule has 1 fully saturated rings. The number of ether oxygens (including phenoxy) is 1. The highest BCUT2D eigenvalue weighted by Crippen LogP contribution is 2.33. The lowest BCUT2D eigenvalue weighted by atomic mass is 10.0. The molecule has 5 heteroatoms. The number of thioether (sulfide) groups is 1. The molecule has 0 bridgehead atoms. The summed E-state index contributed by atoms with van der Waals surface area (Å²) in [6, 6.07) is 11.8. The Hall–Kier alpha value is -1.98. The van der Waals surface area contributed by atoms with Gasteiger partial charge in [0.25, 0.3) is 0 Å². The first-order chi connectivity index (χ1) is 11.9. The molecule has 1 saturated heterocycles. The van der Waals surface area contributed by atoms with Crippen molar-refractivity contribution >= 4 is 17.7 Å². The van der Waals surface area contributed by atoms with E-state index in [1.165, 1.54) is 22.3 Å². The van der Waals surface area contributed by atoms with Crippen LogP contribution in [0.3, 0.4) is 0 Å². The highest BCUT2D eigenvalue weighted by Gasteiger charge is 2.30. The van der Waals surface area contributed by atoms with Gasteiger partial charge in [0.15, 0.2) is 0 Å². The first-order valence-electron chi connectivity index (χ1n) is 8.34. The molecule has 2 aromatic rings. The van der Waals surface area contributed by atoms with Gasteiger partial charge in [0, 0.05) is 5.75 Å². The maximum absolute atomic E-state index is 11.0. The van der Waals surface area contributed by atoms with Crippen molar-refractivity contribution < 1.29 is 14.6 Å². The fourth-order valence-corrected chi connectivity index (χ4v) is 4.37. The highest BCUT2D eigenvalue weighted by molar-refractivity contribution is 7.99. The summed E-state index contributed by atoms with van der Waals surface area (Å²) in [5.41, 5.74) is 6.07. The van der Waals surface area contributed by atoms with Gasteiger partial charge in [-0.25, -0.2) is 0 Å². The van der Waals surface area contributed by atoms with E-state index < -0.39 is 12.0 Å². The van der Waals surface area contributed by atoms with Gasteiger partial charge < -0.3 is 9.84 Å². The number of carboxylic acids is 1. The molecule has 4 nitrogen and oxygen atoms in total. The largest absolute Gasteiger partial charge is 0.489 e. The normalized spacial score (nSPS) is 19.8. The molecule has 2 aromatic carbocycles. The third-order valence-corrected chi connectivity index (χ3v) is 5.75. The van der Waals surface area contributed by atoms with E-state index in [4.69, 9.17) is 9.84 Å². The van der Waals surface area contributed by atoms with E-state index in [-0.39, 0.29) is 5.37 Å². The third kappa shape index (κ3) is 4.17. The monoisotopic (exact) mass is 357 g/mol. The second-order valence-corrected chi connectivity index (χ2v) is 7.64. The van der Waals surface area contributed by atoms with Crippen LogP contribution in [0, 0.1) is 20.8 Å². The molecule has 0 aromatic heterocycles. The molecule has 1 aliphatic heterocycles. The van der Waals surface area contributed by atoms with E-state index in [1.807, 2.05) is 24.3 Å². The summed E-state index contributed by atoms with van der Waals surface area (Å²) in [6.45, 7) is 6.88. The number of benzene rings is 2. The third-order valence-electron chi connectivity index (χ3n) is 4.49. The number of nitrogens with one attached hydrogen (secondary N) is 1. The van der Waals surface area contributed by atoms with E-state index in [9.17, 15) is 4.79 Å². The summed E-state index contributed by atoms with van der Waals surface area (Å²) in [5.74, 6) is 0.615. The second-order valence-electron chi connectivity index (χ2n) is 6.51. The highest BCUT2D eigenvalue weighted by atomic mass is 32.2. The Labute approximate surface area is 152 Å². The predicted octanol–water partition coefficient (Wildman–Crippen LogP) is 3.98. The van der Waals surface area contributed by atoms with Gasteiger partial charge in [0.1, 0.15) is 18.4 Å². The number of carboxylic acid groups (broad SMARTS) is 1. The van der Waals surface area contributed by atoms with E-state index >= 15 is 0 Å². The van der Waals surface area contributed by atoms with E-state index in [1.54, 1.807) is 11.8 Å². The maximum atomic E-state index is 11.0. The minimum absolute atomic E-state index is 0.0248. The lowest BCUT2D eigenvalue weighted by Gasteiger charge is -2.14. The molecule has 132 valence electrons. The van der Waals surface area contributed by atoms with Gasteiger partial charge in [-0.1, -0.05) is 29.8 Å². The van der Waals surface area contributed by atoms with Crippen molar-refractivity contribution in [1.29, 1.82) is 0 Å². The van der Waals surface area contributed by atoms with Crippen LogP contribution in [0.25, 0.3) is 0 Å². The average Bonchev–Trinajstić information content (AvgIpc) is 3.04. The van der Waals surface area contributed by atoms with Crippen molar-refractivity contribution in [2.75, 3.05) is 5.75 Å². The summed E-state index contributed by atoms with van der Waals surface area (Å²) in [4.78, 5) is 11.0. The minimum atomic E-state index is -0.793. The van der Waals surface area contributed by atoms with Gasteiger partial charge in [-0.05, 0) is 55.2 Å². The van der Waals surface area contributed by atoms with Gasteiger partial charge in [-0.2, -0.15) is 0 Å². The molecule has 0 unspecified atom stereocenters. The summed E-state index contributed by atoms with van der Waals surface area (Å²) < 4.78 is 5.95. The number of aliphatic carboxylic acids is 1. The number of hydrogen-bond acceptors (Lipinski definition) is 4. The second kappa shape index (κ2) is 7.50. The Kier molecular flexibility index (Phi) is 5.35. The van der Waals surface area contributed by atoms with Crippen molar-refractivity contribution in [3.8, 4) is 5.75 Å². The summed E-state index contributed by atoms with van der Waals surface area (Å²) in [6.07, 6.45) is 0.